The largest absolute Gasteiger partial charge is 0.311 e. The Hall–Kier alpha value is -2.08. The molecule has 2 aromatic heterocycles. The van der Waals surface area contributed by atoms with Crippen LogP contribution in [0.3, 0.4) is 0 Å². The van der Waals surface area contributed by atoms with Crippen molar-refractivity contribution in [3.8, 4) is 0 Å². The highest BCUT2D eigenvalue weighted by molar-refractivity contribution is 5.10. The van der Waals surface area contributed by atoms with Gasteiger partial charge < -0.3 is 4.98 Å². The van der Waals surface area contributed by atoms with Crippen LogP contribution < -0.4 is 5.56 Å². The Balaban J connectivity index is 1.61. The van der Waals surface area contributed by atoms with E-state index in [4.69, 9.17) is 0 Å². The van der Waals surface area contributed by atoms with E-state index in [1.165, 1.54) is 0 Å². The second-order valence-electron chi connectivity index (χ2n) is 6.87. The minimum Gasteiger partial charge on any atom is -0.311 e. The average Bonchev–Trinajstić information content (AvgIpc) is 2.55. The maximum Gasteiger partial charge on any atom is 0.251 e. The Morgan fingerprint density at radius 1 is 1.29 bits per heavy atom. The topological polar surface area (TPSA) is 74.8 Å². The number of aryl methyl sites for hydroxylation is 1. The summed E-state index contributed by atoms with van der Waals surface area (Å²) in [5.41, 5.74) is 1.96. The fraction of sp³-hybridized carbons (Fsp3) is 0.556. The molecule has 0 aromatic carbocycles. The third-order valence-electron chi connectivity index (χ3n) is 4.52. The summed E-state index contributed by atoms with van der Waals surface area (Å²) in [4.78, 5) is 30.2. The maximum absolute atomic E-state index is 11.6. The number of aromatic amines is 1. The molecule has 0 spiro atoms. The second-order valence-corrected chi connectivity index (χ2v) is 6.87. The number of hydrogen-bond acceptors (Lipinski definition) is 5. The Morgan fingerprint density at radius 2 is 2.04 bits per heavy atom. The highest BCUT2D eigenvalue weighted by Gasteiger charge is 2.22. The third kappa shape index (κ3) is 4.06. The number of rotatable bonds is 4. The molecule has 0 amide bonds. The molecule has 0 bridgehead atoms. The fourth-order valence-electron chi connectivity index (χ4n) is 3.21. The zero-order valence-corrected chi connectivity index (χ0v) is 14.6. The van der Waals surface area contributed by atoms with Crippen LogP contribution in [0.25, 0.3) is 0 Å². The Morgan fingerprint density at radius 3 is 2.71 bits per heavy atom. The number of nitrogens with one attached hydrogen (secondary N) is 1. The number of aromatic nitrogens is 4. The van der Waals surface area contributed by atoms with Crippen molar-refractivity contribution in [3.63, 3.8) is 0 Å². The summed E-state index contributed by atoms with van der Waals surface area (Å²) < 4.78 is 0. The lowest BCUT2D eigenvalue weighted by Gasteiger charge is -2.31. The van der Waals surface area contributed by atoms with Crippen molar-refractivity contribution in [1.29, 1.82) is 0 Å². The van der Waals surface area contributed by atoms with Gasteiger partial charge in [0.2, 0.25) is 0 Å². The molecule has 6 nitrogen and oxygen atoms in total. The van der Waals surface area contributed by atoms with Crippen LogP contribution in [0.1, 0.15) is 61.6 Å². The van der Waals surface area contributed by atoms with Crippen molar-refractivity contribution in [2.75, 3.05) is 13.1 Å². The van der Waals surface area contributed by atoms with Gasteiger partial charge in [-0.25, -0.2) is 15.0 Å². The molecule has 3 rings (SSSR count). The van der Waals surface area contributed by atoms with E-state index in [0.717, 1.165) is 49.7 Å². The highest BCUT2D eigenvalue weighted by Crippen LogP contribution is 2.26. The summed E-state index contributed by atoms with van der Waals surface area (Å²) in [5.74, 6) is 2.33. The van der Waals surface area contributed by atoms with Crippen LogP contribution >= 0.6 is 0 Å². The van der Waals surface area contributed by atoms with Gasteiger partial charge in [0.25, 0.3) is 5.56 Å². The lowest BCUT2D eigenvalue weighted by molar-refractivity contribution is 0.200. The molecular weight excluding hydrogens is 302 g/mol. The molecule has 0 radical (unpaired) electrons. The van der Waals surface area contributed by atoms with Gasteiger partial charge in [0.15, 0.2) is 0 Å². The van der Waals surface area contributed by atoms with Crippen molar-refractivity contribution in [1.82, 2.24) is 24.8 Å². The Bertz CT molecular complexity index is 747. The van der Waals surface area contributed by atoms with Crippen molar-refractivity contribution < 1.29 is 0 Å². The Labute approximate surface area is 142 Å². The number of piperidine rings is 1. The summed E-state index contributed by atoms with van der Waals surface area (Å²) in [6, 6.07) is 3.65. The molecule has 3 heterocycles. The molecule has 6 heteroatoms. The first kappa shape index (κ1) is 16.8. The van der Waals surface area contributed by atoms with Gasteiger partial charge in [-0.2, -0.15) is 0 Å². The molecule has 1 fully saturated rings. The van der Waals surface area contributed by atoms with E-state index in [2.05, 4.69) is 38.7 Å². The molecule has 24 heavy (non-hydrogen) atoms. The lowest BCUT2D eigenvalue weighted by Crippen LogP contribution is -2.33. The van der Waals surface area contributed by atoms with Crippen LogP contribution in [0.5, 0.6) is 0 Å². The molecule has 1 N–H and O–H groups in total. The van der Waals surface area contributed by atoms with Gasteiger partial charge in [0.1, 0.15) is 11.6 Å². The second kappa shape index (κ2) is 7.21. The quantitative estimate of drug-likeness (QED) is 0.933. The van der Waals surface area contributed by atoms with Crippen molar-refractivity contribution >= 4 is 0 Å². The first-order chi connectivity index (χ1) is 11.5. The predicted octanol–water partition coefficient (Wildman–Crippen LogP) is 2.37. The summed E-state index contributed by atoms with van der Waals surface area (Å²) >= 11 is 0. The van der Waals surface area contributed by atoms with E-state index in [0.29, 0.717) is 17.7 Å². The number of H-pyrrole nitrogens is 1. The normalized spacial score (nSPS) is 16.7. The minimum atomic E-state index is -0.0536. The van der Waals surface area contributed by atoms with Crippen LogP contribution in [0.15, 0.2) is 23.1 Å². The molecule has 0 aliphatic carbocycles. The molecule has 2 aromatic rings. The van der Waals surface area contributed by atoms with E-state index in [1.54, 1.807) is 6.07 Å². The summed E-state index contributed by atoms with van der Waals surface area (Å²) in [6.07, 6.45) is 3.91. The zero-order chi connectivity index (χ0) is 17.1. The van der Waals surface area contributed by atoms with E-state index in [1.807, 2.05) is 19.2 Å². The zero-order valence-electron chi connectivity index (χ0n) is 14.6. The highest BCUT2D eigenvalue weighted by atomic mass is 16.1. The van der Waals surface area contributed by atoms with Crippen LogP contribution in [-0.2, 0) is 6.54 Å². The predicted molar refractivity (Wildman–Crippen MR) is 93.0 cm³/mol. The van der Waals surface area contributed by atoms with Crippen LogP contribution in [0.2, 0.25) is 0 Å². The average molecular weight is 327 g/mol. The van der Waals surface area contributed by atoms with E-state index >= 15 is 0 Å². The summed E-state index contributed by atoms with van der Waals surface area (Å²) in [7, 11) is 0. The Kier molecular flexibility index (Phi) is 5.04. The molecule has 0 unspecified atom stereocenters. The third-order valence-corrected chi connectivity index (χ3v) is 4.52. The fourth-order valence-corrected chi connectivity index (χ4v) is 3.21. The van der Waals surface area contributed by atoms with Gasteiger partial charge in [0.05, 0.1) is 11.4 Å². The summed E-state index contributed by atoms with van der Waals surface area (Å²) in [5, 5.41) is 0. The summed E-state index contributed by atoms with van der Waals surface area (Å²) in [6.45, 7) is 8.92. The van der Waals surface area contributed by atoms with Gasteiger partial charge in [-0.3, -0.25) is 9.69 Å². The maximum atomic E-state index is 11.6. The van der Waals surface area contributed by atoms with Crippen LogP contribution in [-0.4, -0.2) is 37.9 Å². The number of nitrogens with zero attached hydrogens (tertiary/aromatic N) is 4. The molecule has 1 aliphatic heterocycles. The van der Waals surface area contributed by atoms with Gasteiger partial charge in [-0.05, 0) is 38.9 Å². The van der Waals surface area contributed by atoms with E-state index < -0.39 is 0 Å². The lowest BCUT2D eigenvalue weighted by atomic mass is 9.93. The van der Waals surface area contributed by atoms with Gasteiger partial charge >= 0.3 is 0 Å². The molecule has 128 valence electrons. The van der Waals surface area contributed by atoms with Crippen molar-refractivity contribution in [3.05, 3.63) is 51.7 Å². The van der Waals surface area contributed by atoms with Gasteiger partial charge in [0, 0.05) is 30.6 Å². The van der Waals surface area contributed by atoms with Crippen molar-refractivity contribution in [2.24, 2.45) is 0 Å². The van der Waals surface area contributed by atoms with Crippen molar-refractivity contribution in [2.45, 2.75) is 52.0 Å². The molecule has 1 aliphatic rings. The smallest absolute Gasteiger partial charge is 0.251 e. The van der Waals surface area contributed by atoms with Crippen LogP contribution in [0.4, 0.5) is 0 Å². The van der Waals surface area contributed by atoms with E-state index in [-0.39, 0.29) is 5.56 Å². The monoisotopic (exact) mass is 327 g/mol. The number of likely N-dealkylation sites (tertiary alicyclic amines) is 1. The molecule has 0 atom stereocenters. The van der Waals surface area contributed by atoms with Gasteiger partial charge in [-0.15, -0.1) is 0 Å². The minimum absolute atomic E-state index is 0.0536. The van der Waals surface area contributed by atoms with Crippen LogP contribution in [0, 0.1) is 6.92 Å². The molecular formula is C18H25N5O. The van der Waals surface area contributed by atoms with Gasteiger partial charge in [-0.1, -0.05) is 13.8 Å². The first-order valence-electron chi connectivity index (χ1n) is 8.63. The number of hydrogen-bond donors (Lipinski definition) is 1. The van der Waals surface area contributed by atoms with E-state index in [9.17, 15) is 4.79 Å². The first-order valence-corrected chi connectivity index (χ1v) is 8.63. The standard InChI is InChI=1S/C18H25N5O/c1-12(2)18-19-7-4-15(22-18)11-23-8-5-14(6-9-23)16-10-17(24)21-13(3)20-16/h4,7,10,12,14H,5-6,8-9,11H2,1-3H3,(H,20,21,24). The SMILES string of the molecule is Cc1nc(C2CCN(Cc3ccnc(C(C)C)n3)CC2)cc(=O)[nH]1. The molecule has 0 saturated carbocycles. The molecule has 1 saturated heterocycles.